The highest BCUT2D eigenvalue weighted by Gasteiger charge is 2.61. The van der Waals surface area contributed by atoms with Gasteiger partial charge in [0.05, 0.1) is 6.54 Å². The molecule has 2 atom stereocenters. The van der Waals surface area contributed by atoms with Gasteiger partial charge < -0.3 is 4.74 Å². The van der Waals surface area contributed by atoms with E-state index in [9.17, 15) is 8.78 Å². The molecule has 2 heterocycles. The summed E-state index contributed by atoms with van der Waals surface area (Å²) in [5, 5.41) is 4.82. The van der Waals surface area contributed by atoms with Crippen LogP contribution in [0.4, 0.5) is 8.78 Å². The van der Waals surface area contributed by atoms with Crippen LogP contribution < -0.4 is 0 Å². The maximum Gasteiger partial charge on any atom is 0.217 e. The Morgan fingerprint density at radius 1 is 1.24 bits per heavy atom. The first-order valence-corrected chi connectivity index (χ1v) is 8.22. The van der Waals surface area contributed by atoms with E-state index in [-0.39, 0.29) is 17.3 Å². The summed E-state index contributed by atoms with van der Waals surface area (Å²) in [6.07, 6.45) is 0.823. The van der Waals surface area contributed by atoms with Crippen molar-refractivity contribution in [1.82, 2.24) is 14.8 Å². The third-order valence-corrected chi connectivity index (χ3v) is 4.89. The number of hydrogen-bond donors (Lipinski definition) is 0. The molecule has 127 valence electrons. The standard InChI is InChI=1S/C17H11ClF2N3OS/c18-13-4-2-1-3-11(13)15-17(24-15,8-23-16(25)21-9-22-23)12-6-5-10(19)7-14(12)20/h1-7,9,15H,8H2/t15-,17-/m1/s1. The molecule has 0 N–H and O–H groups in total. The fourth-order valence-electron chi connectivity index (χ4n) is 3.01. The zero-order valence-electron chi connectivity index (χ0n) is 12.7. The van der Waals surface area contributed by atoms with Crippen LogP contribution in [0, 0.1) is 11.6 Å². The maximum absolute atomic E-state index is 14.5. The summed E-state index contributed by atoms with van der Waals surface area (Å²) in [4.78, 5) is 3.91. The summed E-state index contributed by atoms with van der Waals surface area (Å²) in [7, 11) is 0. The molecule has 0 spiro atoms. The van der Waals surface area contributed by atoms with Gasteiger partial charge in [-0.15, -0.1) is 0 Å². The predicted molar refractivity (Wildman–Crippen MR) is 89.2 cm³/mol. The lowest BCUT2D eigenvalue weighted by molar-refractivity contribution is 0.250. The molecule has 2 aromatic carbocycles. The van der Waals surface area contributed by atoms with E-state index in [4.69, 9.17) is 29.0 Å². The summed E-state index contributed by atoms with van der Waals surface area (Å²) >= 11 is 11.4. The van der Waals surface area contributed by atoms with Gasteiger partial charge in [-0.1, -0.05) is 35.9 Å². The van der Waals surface area contributed by atoms with Gasteiger partial charge >= 0.3 is 0 Å². The Bertz CT molecular complexity index is 951. The summed E-state index contributed by atoms with van der Waals surface area (Å²) < 4.78 is 35.2. The van der Waals surface area contributed by atoms with Crippen LogP contribution in [0.25, 0.3) is 0 Å². The van der Waals surface area contributed by atoms with Crippen molar-refractivity contribution in [3.8, 4) is 0 Å². The van der Waals surface area contributed by atoms with E-state index in [2.05, 4.69) is 10.1 Å². The van der Waals surface area contributed by atoms with E-state index in [0.717, 1.165) is 11.6 Å². The molecule has 1 fully saturated rings. The van der Waals surface area contributed by atoms with Crippen LogP contribution in [0.5, 0.6) is 0 Å². The molecule has 1 aliphatic heterocycles. The largest absolute Gasteiger partial charge is 0.354 e. The second-order valence-electron chi connectivity index (χ2n) is 5.73. The lowest BCUT2D eigenvalue weighted by atomic mass is 9.91. The van der Waals surface area contributed by atoms with Gasteiger partial charge in [-0.2, -0.15) is 5.10 Å². The molecule has 0 unspecified atom stereocenters. The van der Waals surface area contributed by atoms with Crippen LogP contribution in [-0.4, -0.2) is 14.8 Å². The molecule has 0 amide bonds. The normalized spacial score (nSPS) is 22.1. The molecule has 1 aliphatic rings. The molecule has 0 saturated carbocycles. The van der Waals surface area contributed by atoms with Crippen molar-refractivity contribution < 1.29 is 13.5 Å². The van der Waals surface area contributed by atoms with Gasteiger partial charge in [-0.25, -0.2) is 18.4 Å². The van der Waals surface area contributed by atoms with Crippen LogP contribution in [0.1, 0.15) is 17.2 Å². The van der Waals surface area contributed by atoms with E-state index in [0.29, 0.717) is 5.02 Å². The molecule has 0 aliphatic carbocycles. The number of halogens is 3. The van der Waals surface area contributed by atoms with Crippen molar-refractivity contribution in [3.05, 3.63) is 76.6 Å². The molecule has 1 saturated heterocycles. The Morgan fingerprint density at radius 2 is 2.04 bits per heavy atom. The number of ether oxygens (including phenoxy) is 1. The highest BCUT2D eigenvalue weighted by Crippen LogP contribution is 2.59. The molecule has 4 rings (SSSR count). The Kier molecular flexibility index (Phi) is 3.94. The lowest BCUT2D eigenvalue weighted by Crippen LogP contribution is -2.22. The van der Waals surface area contributed by atoms with Crippen molar-refractivity contribution in [2.45, 2.75) is 23.4 Å². The first kappa shape index (κ1) is 16.4. The minimum atomic E-state index is -1.08. The van der Waals surface area contributed by atoms with Crippen molar-refractivity contribution >= 4 is 24.2 Å². The molecule has 3 aromatic rings. The van der Waals surface area contributed by atoms with Gasteiger partial charge in [0.2, 0.25) is 5.16 Å². The fourth-order valence-corrected chi connectivity index (χ4v) is 3.40. The van der Waals surface area contributed by atoms with Crippen molar-refractivity contribution in [1.29, 1.82) is 0 Å². The van der Waals surface area contributed by atoms with Gasteiger partial charge in [0.15, 0.2) is 0 Å². The summed E-state index contributed by atoms with van der Waals surface area (Å²) in [5.41, 5.74) is -0.132. The summed E-state index contributed by atoms with van der Waals surface area (Å²) in [6.45, 7) is 0.143. The predicted octanol–water partition coefficient (Wildman–Crippen LogP) is 4.43. The first-order valence-electron chi connectivity index (χ1n) is 7.44. The zero-order valence-corrected chi connectivity index (χ0v) is 14.3. The van der Waals surface area contributed by atoms with Crippen molar-refractivity contribution in [3.63, 3.8) is 0 Å². The lowest BCUT2D eigenvalue weighted by Gasteiger charge is -2.15. The number of aromatic nitrogens is 3. The monoisotopic (exact) mass is 378 g/mol. The smallest absolute Gasteiger partial charge is 0.217 e. The van der Waals surface area contributed by atoms with Crippen LogP contribution in [-0.2, 0) is 16.9 Å². The van der Waals surface area contributed by atoms with Gasteiger partial charge in [0.25, 0.3) is 0 Å². The number of hydrogen-bond acceptors (Lipinski definition) is 3. The van der Waals surface area contributed by atoms with E-state index < -0.39 is 23.3 Å². The Morgan fingerprint density at radius 3 is 2.72 bits per heavy atom. The topological polar surface area (TPSA) is 43.2 Å². The molecule has 0 bridgehead atoms. The zero-order chi connectivity index (χ0) is 17.6. The highest BCUT2D eigenvalue weighted by atomic mass is 35.5. The van der Waals surface area contributed by atoms with E-state index in [1.807, 2.05) is 12.1 Å². The maximum atomic E-state index is 14.5. The van der Waals surface area contributed by atoms with Crippen LogP contribution in [0.3, 0.4) is 0 Å². The van der Waals surface area contributed by atoms with Gasteiger partial charge in [0.1, 0.15) is 29.7 Å². The third kappa shape index (κ3) is 2.78. The summed E-state index contributed by atoms with van der Waals surface area (Å²) in [6, 6.07) is 10.6. The minimum absolute atomic E-state index is 0.143. The number of nitrogens with zero attached hydrogens (tertiary/aromatic N) is 3. The molecular weight excluding hydrogens is 368 g/mol. The Labute approximate surface area is 152 Å². The molecule has 8 heteroatoms. The van der Waals surface area contributed by atoms with E-state index in [1.165, 1.54) is 23.1 Å². The van der Waals surface area contributed by atoms with Gasteiger partial charge in [-0.3, -0.25) is 0 Å². The third-order valence-electron chi connectivity index (χ3n) is 4.23. The highest BCUT2D eigenvalue weighted by molar-refractivity contribution is 7.80. The quantitative estimate of drug-likeness (QED) is 0.631. The van der Waals surface area contributed by atoms with Crippen LogP contribution in [0.15, 0.2) is 53.9 Å². The first-order chi connectivity index (χ1) is 12.0. The molecule has 1 aromatic heterocycles. The number of benzene rings is 2. The minimum Gasteiger partial charge on any atom is -0.354 e. The second kappa shape index (κ2) is 6.01. The van der Waals surface area contributed by atoms with E-state index in [1.54, 1.807) is 12.1 Å². The number of rotatable bonds is 4. The molecule has 25 heavy (non-hydrogen) atoms. The van der Waals surface area contributed by atoms with Crippen molar-refractivity contribution in [2.24, 2.45) is 0 Å². The number of epoxide rings is 1. The fraction of sp³-hybridized carbons (Fsp3) is 0.176. The van der Waals surface area contributed by atoms with Gasteiger partial charge in [-0.05, 0) is 24.8 Å². The van der Waals surface area contributed by atoms with Crippen LogP contribution in [0.2, 0.25) is 5.02 Å². The van der Waals surface area contributed by atoms with Gasteiger partial charge in [0, 0.05) is 22.2 Å². The van der Waals surface area contributed by atoms with E-state index >= 15 is 0 Å². The average molecular weight is 379 g/mol. The molecule has 1 radical (unpaired) electrons. The summed E-state index contributed by atoms with van der Waals surface area (Å²) in [5.74, 6) is -1.35. The average Bonchev–Trinajstić information content (AvgIpc) is 3.14. The Hall–Kier alpha value is -2.09. The van der Waals surface area contributed by atoms with Crippen molar-refractivity contribution in [2.75, 3.05) is 0 Å². The second-order valence-corrected chi connectivity index (χ2v) is 6.51. The SMILES string of the molecule is Fc1ccc([C@@]2(Cn3ncnc3[S])O[C@@H]2c2ccccc2Cl)c(F)c1. The molecule has 4 nitrogen and oxygen atoms in total. The van der Waals surface area contributed by atoms with Crippen LogP contribution >= 0.6 is 24.2 Å². The Balaban J connectivity index is 1.80. The molecular formula is C17H11ClF2N3OS.